The Morgan fingerprint density at radius 1 is 1.28 bits per heavy atom. The van der Waals surface area contributed by atoms with Gasteiger partial charge in [0.25, 0.3) is 0 Å². The van der Waals surface area contributed by atoms with Crippen molar-refractivity contribution in [1.29, 1.82) is 0 Å². The quantitative estimate of drug-likeness (QED) is 0.796. The van der Waals surface area contributed by atoms with Gasteiger partial charge in [-0.05, 0) is 46.8 Å². The molecule has 0 amide bonds. The predicted octanol–water partition coefficient (Wildman–Crippen LogP) is 4.73. The highest BCUT2D eigenvalue weighted by Crippen LogP contribution is 2.34. The average Bonchev–Trinajstić information content (AvgIpc) is 2.85. The number of rotatable bonds is 4. The lowest BCUT2D eigenvalue weighted by atomic mass is 9.96. The topological polar surface area (TPSA) is 20.2 Å². The van der Waals surface area contributed by atoms with Crippen LogP contribution in [-0.2, 0) is 0 Å². The second kappa shape index (κ2) is 6.11. The van der Waals surface area contributed by atoms with Gasteiger partial charge in [-0.2, -0.15) is 0 Å². The largest absolute Gasteiger partial charge is 0.388 e. The molecule has 1 aromatic rings. The van der Waals surface area contributed by atoms with Gasteiger partial charge in [0.05, 0.1) is 16.1 Å². The Bertz CT molecular complexity index is 417. The molecule has 0 aromatic heterocycles. The van der Waals surface area contributed by atoms with Crippen LogP contribution in [0.25, 0.3) is 0 Å². The summed E-state index contributed by atoms with van der Waals surface area (Å²) >= 11 is 3.01. The van der Waals surface area contributed by atoms with Gasteiger partial charge in [0.1, 0.15) is 11.6 Å². The standard InChI is InChI=1S/C14H17BrF2O/c15-10-6-7-11(16)13(14(10)17)12(18)8-5-9-3-1-2-4-9/h6-7,9,12,18H,1-5,8H2. The van der Waals surface area contributed by atoms with Crippen LogP contribution < -0.4 is 0 Å². The van der Waals surface area contributed by atoms with Gasteiger partial charge >= 0.3 is 0 Å². The number of benzene rings is 1. The molecule has 1 nitrogen and oxygen atoms in total. The SMILES string of the molecule is OC(CCC1CCCC1)c1c(F)ccc(Br)c1F. The number of hydrogen-bond acceptors (Lipinski definition) is 1. The molecule has 100 valence electrons. The monoisotopic (exact) mass is 318 g/mol. The Morgan fingerprint density at radius 2 is 1.94 bits per heavy atom. The van der Waals surface area contributed by atoms with E-state index in [1.54, 1.807) is 0 Å². The maximum atomic E-state index is 13.8. The first kappa shape index (κ1) is 13.9. The normalized spacial score (nSPS) is 18.2. The summed E-state index contributed by atoms with van der Waals surface area (Å²) < 4.78 is 27.5. The number of hydrogen-bond donors (Lipinski definition) is 1. The summed E-state index contributed by atoms with van der Waals surface area (Å²) in [6.45, 7) is 0. The Hall–Kier alpha value is -0.480. The van der Waals surface area contributed by atoms with E-state index in [0.29, 0.717) is 12.3 Å². The summed E-state index contributed by atoms with van der Waals surface area (Å²) in [5.74, 6) is -0.749. The average molecular weight is 319 g/mol. The maximum Gasteiger partial charge on any atom is 0.146 e. The minimum absolute atomic E-state index is 0.193. The van der Waals surface area contributed by atoms with E-state index < -0.39 is 17.7 Å². The maximum absolute atomic E-state index is 13.8. The van der Waals surface area contributed by atoms with E-state index in [2.05, 4.69) is 15.9 Å². The molecule has 2 rings (SSSR count). The van der Waals surface area contributed by atoms with Crippen LogP contribution in [0.4, 0.5) is 8.78 Å². The van der Waals surface area contributed by atoms with Crippen molar-refractivity contribution in [2.75, 3.05) is 0 Å². The van der Waals surface area contributed by atoms with E-state index in [1.165, 1.54) is 37.8 Å². The minimum Gasteiger partial charge on any atom is -0.388 e. The fourth-order valence-electron chi connectivity index (χ4n) is 2.69. The smallest absolute Gasteiger partial charge is 0.146 e. The Labute approximate surface area is 114 Å². The first-order chi connectivity index (χ1) is 8.59. The minimum atomic E-state index is -1.05. The zero-order valence-corrected chi connectivity index (χ0v) is 11.7. The summed E-state index contributed by atoms with van der Waals surface area (Å²) in [7, 11) is 0. The van der Waals surface area contributed by atoms with Gasteiger partial charge in [0.2, 0.25) is 0 Å². The molecule has 18 heavy (non-hydrogen) atoms. The fourth-order valence-corrected chi connectivity index (χ4v) is 3.03. The molecule has 0 heterocycles. The molecule has 0 radical (unpaired) electrons. The van der Waals surface area contributed by atoms with Gasteiger partial charge in [-0.15, -0.1) is 0 Å². The number of aliphatic hydroxyl groups is 1. The van der Waals surface area contributed by atoms with Crippen LogP contribution in [0.1, 0.15) is 50.2 Å². The van der Waals surface area contributed by atoms with E-state index in [-0.39, 0.29) is 10.0 Å². The van der Waals surface area contributed by atoms with Gasteiger partial charge < -0.3 is 5.11 Å². The van der Waals surface area contributed by atoms with Gasteiger partial charge in [0.15, 0.2) is 0 Å². The molecule has 0 bridgehead atoms. The third-order valence-electron chi connectivity index (χ3n) is 3.74. The van der Waals surface area contributed by atoms with Crippen molar-refractivity contribution in [1.82, 2.24) is 0 Å². The molecular weight excluding hydrogens is 302 g/mol. The summed E-state index contributed by atoms with van der Waals surface area (Å²) in [6.07, 6.45) is 5.04. The third kappa shape index (κ3) is 3.09. The molecule has 1 N–H and O–H groups in total. The van der Waals surface area contributed by atoms with Crippen molar-refractivity contribution >= 4 is 15.9 Å². The number of halogens is 3. The van der Waals surface area contributed by atoms with Crippen LogP contribution in [0.2, 0.25) is 0 Å². The van der Waals surface area contributed by atoms with E-state index in [0.717, 1.165) is 6.42 Å². The van der Waals surface area contributed by atoms with Gasteiger partial charge in [-0.3, -0.25) is 0 Å². The highest BCUT2D eigenvalue weighted by molar-refractivity contribution is 9.10. The first-order valence-corrected chi connectivity index (χ1v) is 7.20. The lowest BCUT2D eigenvalue weighted by Crippen LogP contribution is -2.07. The van der Waals surface area contributed by atoms with Gasteiger partial charge in [0, 0.05) is 0 Å². The molecule has 1 atom stereocenters. The van der Waals surface area contributed by atoms with E-state index in [4.69, 9.17) is 0 Å². The van der Waals surface area contributed by atoms with Crippen LogP contribution in [0, 0.1) is 17.6 Å². The predicted molar refractivity (Wildman–Crippen MR) is 70.2 cm³/mol. The Kier molecular flexibility index (Phi) is 4.73. The first-order valence-electron chi connectivity index (χ1n) is 6.41. The molecule has 0 aliphatic heterocycles. The Balaban J connectivity index is 2.03. The van der Waals surface area contributed by atoms with E-state index >= 15 is 0 Å². The van der Waals surface area contributed by atoms with E-state index in [1.807, 2.05) is 0 Å². The van der Waals surface area contributed by atoms with Crippen molar-refractivity contribution in [3.8, 4) is 0 Å². The fraction of sp³-hybridized carbons (Fsp3) is 0.571. The third-order valence-corrected chi connectivity index (χ3v) is 4.35. The van der Waals surface area contributed by atoms with Crippen LogP contribution in [0.5, 0.6) is 0 Å². The molecule has 1 aliphatic carbocycles. The van der Waals surface area contributed by atoms with Crippen molar-refractivity contribution in [2.24, 2.45) is 5.92 Å². The summed E-state index contributed by atoms with van der Waals surface area (Å²) in [4.78, 5) is 0. The highest BCUT2D eigenvalue weighted by Gasteiger charge is 2.22. The molecule has 0 spiro atoms. The lowest BCUT2D eigenvalue weighted by molar-refractivity contribution is 0.148. The summed E-state index contributed by atoms with van der Waals surface area (Å²) in [5, 5.41) is 9.97. The molecule has 1 saturated carbocycles. The van der Waals surface area contributed by atoms with Crippen LogP contribution in [-0.4, -0.2) is 5.11 Å². The van der Waals surface area contributed by atoms with E-state index in [9.17, 15) is 13.9 Å². The molecule has 0 saturated heterocycles. The molecule has 4 heteroatoms. The molecule has 1 fully saturated rings. The number of aliphatic hydroxyl groups excluding tert-OH is 1. The second-order valence-corrected chi connectivity index (χ2v) is 5.85. The van der Waals surface area contributed by atoms with Crippen LogP contribution in [0.3, 0.4) is 0 Å². The van der Waals surface area contributed by atoms with Gasteiger partial charge in [-0.25, -0.2) is 8.78 Å². The Morgan fingerprint density at radius 3 is 2.61 bits per heavy atom. The van der Waals surface area contributed by atoms with Gasteiger partial charge in [-0.1, -0.05) is 25.7 Å². The zero-order chi connectivity index (χ0) is 13.1. The summed E-state index contributed by atoms with van der Waals surface area (Å²) in [5.41, 5.74) is -0.206. The van der Waals surface area contributed by atoms with Crippen molar-refractivity contribution < 1.29 is 13.9 Å². The van der Waals surface area contributed by atoms with Crippen molar-refractivity contribution in [2.45, 2.75) is 44.6 Å². The van der Waals surface area contributed by atoms with Crippen LogP contribution >= 0.6 is 15.9 Å². The van der Waals surface area contributed by atoms with Crippen LogP contribution in [0.15, 0.2) is 16.6 Å². The second-order valence-electron chi connectivity index (χ2n) is 5.00. The summed E-state index contributed by atoms with van der Waals surface area (Å²) in [6, 6.07) is 2.50. The zero-order valence-electron chi connectivity index (χ0n) is 10.1. The molecular formula is C14H17BrF2O. The van der Waals surface area contributed by atoms with Crippen molar-refractivity contribution in [3.63, 3.8) is 0 Å². The molecule has 1 aliphatic rings. The molecule has 1 aromatic carbocycles. The highest BCUT2D eigenvalue weighted by atomic mass is 79.9. The lowest BCUT2D eigenvalue weighted by Gasteiger charge is -2.16. The molecule has 1 unspecified atom stereocenters. The van der Waals surface area contributed by atoms with Crippen molar-refractivity contribution in [3.05, 3.63) is 33.8 Å².